The van der Waals surface area contributed by atoms with E-state index in [1.807, 2.05) is 0 Å². The Hall–Kier alpha value is -0.410. The van der Waals surface area contributed by atoms with Crippen LogP contribution in [0.3, 0.4) is 0 Å². The SMILES string of the molecule is NCCCC(N)C=O. The van der Waals surface area contributed by atoms with Crippen LogP contribution < -0.4 is 11.5 Å². The van der Waals surface area contributed by atoms with Gasteiger partial charge in [-0.3, -0.25) is 0 Å². The maximum atomic E-state index is 9.84. The molecule has 3 heteroatoms. The van der Waals surface area contributed by atoms with Gasteiger partial charge in [-0.2, -0.15) is 0 Å². The molecule has 0 bridgehead atoms. The molecule has 0 aromatic rings. The number of hydrogen-bond donors (Lipinski definition) is 2. The summed E-state index contributed by atoms with van der Waals surface area (Å²) >= 11 is 0. The molecule has 0 rings (SSSR count). The lowest BCUT2D eigenvalue weighted by atomic mass is 10.2. The maximum absolute atomic E-state index is 9.84. The van der Waals surface area contributed by atoms with Crippen molar-refractivity contribution in [2.24, 2.45) is 11.5 Å². The number of nitrogens with two attached hydrogens (primary N) is 2. The summed E-state index contributed by atoms with van der Waals surface area (Å²) in [4.78, 5) is 9.84. The van der Waals surface area contributed by atoms with E-state index in [-0.39, 0.29) is 6.04 Å². The number of rotatable bonds is 4. The van der Waals surface area contributed by atoms with Crippen molar-refractivity contribution in [1.29, 1.82) is 0 Å². The van der Waals surface area contributed by atoms with Gasteiger partial charge in [0.15, 0.2) is 0 Å². The molecule has 0 spiro atoms. The van der Waals surface area contributed by atoms with Gasteiger partial charge in [-0.05, 0) is 19.4 Å². The van der Waals surface area contributed by atoms with Gasteiger partial charge in [0.25, 0.3) is 0 Å². The monoisotopic (exact) mass is 116 g/mol. The second-order valence-corrected chi connectivity index (χ2v) is 1.73. The first-order valence-electron chi connectivity index (χ1n) is 2.72. The van der Waals surface area contributed by atoms with Gasteiger partial charge in [0.2, 0.25) is 0 Å². The van der Waals surface area contributed by atoms with Gasteiger partial charge in [0.1, 0.15) is 6.29 Å². The van der Waals surface area contributed by atoms with E-state index in [4.69, 9.17) is 11.5 Å². The summed E-state index contributed by atoms with van der Waals surface area (Å²) in [6, 6.07) is -0.307. The predicted molar refractivity (Wildman–Crippen MR) is 32.3 cm³/mol. The molecule has 0 fully saturated rings. The van der Waals surface area contributed by atoms with Crippen molar-refractivity contribution >= 4 is 6.29 Å². The van der Waals surface area contributed by atoms with Crippen LogP contribution in [0.4, 0.5) is 0 Å². The van der Waals surface area contributed by atoms with Crippen LogP contribution in [0.15, 0.2) is 0 Å². The van der Waals surface area contributed by atoms with Crippen LogP contribution in [0.25, 0.3) is 0 Å². The molecule has 0 amide bonds. The number of aldehydes is 1. The Morgan fingerprint density at radius 2 is 2.25 bits per heavy atom. The molecule has 0 saturated heterocycles. The number of hydrogen-bond acceptors (Lipinski definition) is 3. The van der Waals surface area contributed by atoms with Crippen LogP contribution >= 0.6 is 0 Å². The van der Waals surface area contributed by atoms with Crippen LogP contribution in [0.5, 0.6) is 0 Å². The molecule has 0 aliphatic rings. The third-order valence-electron chi connectivity index (χ3n) is 0.916. The predicted octanol–water partition coefficient (Wildman–Crippen LogP) is -0.748. The molecule has 8 heavy (non-hydrogen) atoms. The van der Waals surface area contributed by atoms with E-state index < -0.39 is 0 Å². The average Bonchev–Trinajstić information content (AvgIpc) is 1.83. The fraction of sp³-hybridized carbons (Fsp3) is 0.800. The van der Waals surface area contributed by atoms with Crippen LogP contribution in [0, 0.1) is 0 Å². The van der Waals surface area contributed by atoms with Crippen molar-refractivity contribution in [3.05, 3.63) is 0 Å². The Labute approximate surface area is 49.0 Å². The quantitative estimate of drug-likeness (QED) is 0.475. The summed E-state index contributed by atoms with van der Waals surface area (Å²) in [6.07, 6.45) is 2.29. The van der Waals surface area contributed by atoms with E-state index in [9.17, 15) is 4.79 Å². The topological polar surface area (TPSA) is 69.1 Å². The Balaban J connectivity index is 2.98. The lowest BCUT2D eigenvalue weighted by Crippen LogP contribution is -2.22. The van der Waals surface area contributed by atoms with Gasteiger partial charge in [0.05, 0.1) is 6.04 Å². The van der Waals surface area contributed by atoms with Crippen molar-refractivity contribution in [1.82, 2.24) is 0 Å². The molecule has 48 valence electrons. The molecule has 0 aromatic heterocycles. The molecule has 1 atom stereocenters. The maximum Gasteiger partial charge on any atom is 0.136 e. The van der Waals surface area contributed by atoms with Gasteiger partial charge in [-0.15, -0.1) is 0 Å². The second-order valence-electron chi connectivity index (χ2n) is 1.73. The highest BCUT2D eigenvalue weighted by atomic mass is 16.1. The highest BCUT2D eigenvalue weighted by Gasteiger charge is 1.95. The van der Waals surface area contributed by atoms with E-state index in [0.29, 0.717) is 13.0 Å². The molecule has 0 saturated carbocycles. The molecule has 1 unspecified atom stereocenters. The van der Waals surface area contributed by atoms with E-state index in [1.54, 1.807) is 0 Å². The second kappa shape index (κ2) is 4.74. The van der Waals surface area contributed by atoms with Gasteiger partial charge >= 0.3 is 0 Å². The zero-order chi connectivity index (χ0) is 6.41. The summed E-state index contributed by atoms with van der Waals surface area (Å²) in [5.41, 5.74) is 10.4. The van der Waals surface area contributed by atoms with E-state index in [0.717, 1.165) is 12.7 Å². The fourth-order valence-corrected chi connectivity index (χ4v) is 0.422. The Morgan fingerprint density at radius 1 is 1.62 bits per heavy atom. The third-order valence-corrected chi connectivity index (χ3v) is 0.916. The highest BCUT2D eigenvalue weighted by Crippen LogP contribution is 1.87. The van der Waals surface area contributed by atoms with Crippen molar-refractivity contribution in [3.63, 3.8) is 0 Å². The first kappa shape index (κ1) is 7.59. The van der Waals surface area contributed by atoms with Crippen LogP contribution in [-0.4, -0.2) is 18.9 Å². The normalized spacial score (nSPS) is 13.2. The number of carbonyl (C=O) groups excluding carboxylic acids is 1. The molecule has 0 heterocycles. The first-order valence-corrected chi connectivity index (χ1v) is 2.72. The van der Waals surface area contributed by atoms with Crippen molar-refractivity contribution < 1.29 is 4.79 Å². The van der Waals surface area contributed by atoms with E-state index in [1.165, 1.54) is 0 Å². The molecule has 0 aliphatic heterocycles. The van der Waals surface area contributed by atoms with Crippen LogP contribution in [0.2, 0.25) is 0 Å². The third kappa shape index (κ3) is 3.77. The smallest absolute Gasteiger partial charge is 0.136 e. The largest absolute Gasteiger partial charge is 0.330 e. The summed E-state index contributed by atoms with van der Waals surface area (Å²) < 4.78 is 0. The van der Waals surface area contributed by atoms with Crippen molar-refractivity contribution in [3.8, 4) is 0 Å². The highest BCUT2D eigenvalue weighted by molar-refractivity contribution is 5.56. The van der Waals surface area contributed by atoms with Gasteiger partial charge in [0, 0.05) is 0 Å². The Morgan fingerprint density at radius 3 is 2.62 bits per heavy atom. The first-order chi connectivity index (χ1) is 3.81. The van der Waals surface area contributed by atoms with Crippen LogP contribution in [-0.2, 0) is 4.79 Å². The molecule has 0 aliphatic carbocycles. The lowest BCUT2D eigenvalue weighted by Gasteiger charge is -1.98. The fourth-order valence-electron chi connectivity index (χ4n) is 0.422. The summed E-state index contributed by atoms with van der Waals surface area (Å²) in [7, 11) is 0. The Kier molecular flexibility index (Phi) is 4.50. The van der Waals surface area contributed by atoms with Gasteiger partial charge < -0.3 is 16.3 Å². The molecule has 3 nitrogen and oxygen atoms in total. The van der Waals surface area contributed by atoms with Crippen molar-refractivity contribution in [2.75, 3.05) is 6.54 Å². The summed E-state index contributed by atoms with van der Waals surface area (Å²) in [5, 5.41) is 0. The molecular weight excluding hydrogens is 104 g/mol. The van der Waals surface area contributed by atoms with E-state index in [2.05, 4.69) is 0 Å². The standard InChI is InChI=1S/C5H12N2O/c6-3-1-2-5(7)4-8/h4-5H,1-3,6-7H2. The minimum absolute atomic E-state index is 0.307. The molecule has 4 N–H and O–H groups in total. The summed E-state index contributed by atoms with van der Waals surface area (Å²) in [6.45, 7) is 0.613. The lowest BCUT2D eigenvalue weighted by molar-refractivity contribution is -0.109. The molecular formula is C5H12N2O. The summed E-state index contributed by atoms with van der Waals surface area (Å²) in [5.74, 6) is 0. The zero-order valence-corrected chi connectivity index (χ0v) is 4.84. The van der Waals surface area contributed by atoms with Crippen LogP contribution in [0.1, 0.15) is 12.8 Å². The molecule has 0 aromatic carbocycles. The Bertz CT molecular complexity index is 65.4. The minimum atomic E-state index is -0.307. The van der Waals surface area contributed by atoms with Gasteiger partial charge in [-0.25, -0.2) is 0 Å². The van der Waals surface area contributed by atoms with E-state index >= 15 is 0 Å². The van der Waals surface area contributed by atoms with Gasteiger partial charge in [-0.1, -0.05) is 0 Å². The number of carbonyl (C=O) groups is 1. The van der Waals surface area contributed by atoms with Crippen molar-refractivity contribution in [2.45, 2.75) is 18.9 Å². The average molecular weight is 116 g/mol. The zero-order valence-electron chi connectivity index (χ0n) is 4.84. The molecule has 0 radical (unpaired) electrons. The minimum Gasteiger partial charge on any atom is -0.330 e.